The summed E-state index contributed by atoms with van der Waals surface area (Å²) >= 11 is 0. The summed E-state index contributed by atoms with van der Waals surface area (Å²) in [6.45, 7) is 5.81. The van der Waals surface area contributed by atoms with Crippen LogP contribution < -0.4 is 14.8 Å². The number of benzene rings is 2. The number of amides is 1. The van der Waals surface area contributed by atoms with Crippen LogP contribution in [0, 0.1) is 0 Å². The lowest BCUT2D eigenvalue weighted by Crippen LogP contribution is -2.49. The van der Waals surface area contributed by atoms with Gasteiger partial charge in [0, 0.05) is 39.3 Å². The van der Waals surface area contributed by atoms with Crippen molar-refractivity contribution in [1.29, 1.82) is 0 Å². The lowest BCUT2D eigenvalue weighted by molar-refractivity contribution is -0.122. The van der Waals surface area contributed by atoms with E-state index >= 15 is 0 Å². The molecular weight excluding hydrogens is 378 g/mol. The maximum absolute atomic E-state index is 12.2. The van der Waals surface area contributed by atoms with E-state index in [0.29, 0.717) is 6.54 Å². The maximum atomic E-state index is 12.2. The fraction of sp³-hybridized carbons (Fsp3) is 0.458. The molecule has 0 spiro atoms. The maximum Gasteiger partial charge on any atom is 0.234 e. The Morgan fingerprint density at radius 3 is 2.30 bits per heavy atom. The highest BCUT2D eigenvalue weighted by molar-refractivity contribution is 5.78. The van der Waals surface area contributed by atoms with Crippen molar-refractivity contribution in [2.24, 2.45) is 0 Å². The molecule has 2 aromatic carbocycles. The van der Waals surface area contributed by atoms with E-state index in [9.17, 15) is 4.79 Å². The molecule has 0 unspecified atom stereocenters. The lowest BCUT2D eigenvalue weighted by Gasteiger charge is -2.34. The number of aryl methyl sites for hydroxylation is 1. The van der Waals surface area contributed by atoms with Crippen molar-refractivity contribution >= 4 is 5.91 Å². The molecule has 3 rings (SSSR count). The second-order valence-corrected chi connectivity index (χ2v) is 7.68. The highest BCUT2D eigenvalue weighted by Crippen LogP contribution is 2.28. The summed E-state index contributed by atoms with van der Waals surface area (Å²) in [7, 11) is 3.31. The van der Waals surface area contributed by atoms with Gasteiger partial charge >= 0.3 is 0 Å². The third-order valence-electron chi connectivity index (χ3n) is 5.49. The third-order valence-corrected chi connectivity index (χ3v) is 5.49. The fourth-order valence-electron chi connectivity index (χ4n) is 3.77. The highest BCUT2D eigenvalue weighted by atomic mass is 16.5. The van der Waals surface area contributed by atoms with Crippen molar-refractivity contribution in [2.75, 3.05) is 53.5 Å². The molecule has 1 fully saturated rings. The van der Waals surface area contributed by atoms with Gasteiger partial charge in [0.15, 0.2) is 11.5 Å². The van der Waals surface area contributed by atoms with E-state index < -0.39 is 0 Å². The summed E-state index contributed by atoms with van der Waals surface area (Å²) in [5, 5.41) is 3.05. The number of nitrogens with one attached hydrogen (secondary N) is 1. The Balaban J connectivity index is 1.33. The molecule has 6 nitrogen and oxygen atoms in total. The van der Waals surface area contributed by atoms with Crippen LogP contribution in [0.5, 0.6) is 11.5 Å². The van der Waals surface area contributed by atoms with Crippen LogP contribution in [-0.4, -0.2) is 69.2 Å². The predicted molar refractivity (Wildman–Crippen MR) is 119 cm³/mol. The summed E-state index contributed by atoms with van der Waals surface area (Å²) in [6, 6.07) is 16.5. The van der Waals surface area contributed by atoms with Gasteiger partial charge in [-0.25, -0.2) is 0 Å². The number of carbonyl (C=O) groups is 1. The molecule has 0 aliphatic carbocycles. The Labute approximate surface area is 179 Å². The van der Waals surface area contributed by atoms with E-state index in [2.05, 4.69) is 45.4 Å². The molecular formula is C24H33N3O3. The Morgan fingerprint density at radius 2 is 1.60 bits per heavy atom. The first-order chi connectivity index (χ1) is 14.7. The van der Waals surface area contributed by atoms with Gasteiger partial charge in [-0.1, -0.05) is 36.4 Å². The van der Waals surface area contributed by atoms with Gasteiger partial charge in [-0.3, -0.25) is 14.6 Å². The van der Waals surface area contributed by atoms with Crippen LogP contribution in [-0.2, 0) is 17.8 Å². The molecule has 0 aromatic heterocycles. The van der Waals surface area contributed by atoms with Crippen LogP contribution in [0.2, 0.25) is 0 Å². The second-order valence-electron chi connectivity index (χ2n) is 7.68. The average Bonchev–Trinajstić information content (AvgIpc) is 2.78. The second kappa shape index (κ2) is 11.6. The summed E-state index contributed by atoms with van der Waals surface area (Å²) < 4.78 is 10.7. The first-order valence-corrected chi connectivity index (χ1v) is 10.6. The minimum atomic E-state index is 0.122. The Kier molecular flexibility index (Phi) is 8.53. The zero-order valence-electron chi connectivity index (χ0n) is 18.1. The summed E-state index contributed by atoms with van der Waals surface area (Å²) in [4.78, 5) is 16.9. The molecule has 1 aliphatic heterocycles. The van der Waals surface area contributed by atoms with E-state index in [1.54, 1.807) is 14.2 Å². The van der Waals surface area contributed by atoms with Crippen molar-refractivity contribution in [3.05, 3.63) is 59.7 Å². The molecule has 30 heavy (non-hydrogen) atoms. The van der Waals surface area contributed by atoms with Gasteiger partial charge in [-0.05, 0) is 36.1 Å². The number of ether oxygens (including phenoxy) is 2. The summed E-state index contributed by atoms with van der Waals surface area (Å²) in [5.41, 5.74) is 2.52. The molecule has 1 saturated heterocycles. The largest absolute Gasteiger partial charge is 0.493 e. The minimum Gasteiger partial charge on any atom is -0.493 e. The molecule has 162 valence electrons. The molecule has 1 N–H and O–H groups in total. The van der Waals surface area contributed by atoms with Crippen molar-refractivity contribution in [3.8, 4) is 11.5 Å². The number of nitrogens with zero attached hydrogens (tertiary/aromatic N) is 2. The van der Waals surface area contributed by atoms with Crippen LogP contribution >= 0.6 is 0 Å². The number of rotatable bonds is 10. The number of hydrogen-bond acceptors (Lipinski definition) is 5. The molecule has 1 amide bonds. The van der Waals surface area contributed by atoms with E-state index in [0.717, 1.165) is 63.6 Å². The standard InChI is InChI=1S/C24H33N3O3/c1-29-22-11-10-21(17-23(22)30-2)18-26-13-15-27(16-14-26)19-24(28)25-12-6-9-20-7-4-3-5-8-20/h3-5,7-8,10-11,17H,6,9,12-16,18-19H2,1-2H3,(H,25,28). The topological polar surface area (TPSA) is 54.0 Å². The zero-order chi connectivity index (χ0) is 21.2. The van der Waals surface area contributed by atoms with Crippen molar-refractivity contribution in [3.63, 3.8) is 0 Å². The third kappa shape index (κ3) is 6.75. The van der Waals surface area contributed by atoms with Crippen molar-refractivity contribution < 1.29 is 14.3 Å². The number of hydrogen-bond donors (Lipinski definition) is 1. The van der Waals surface area contributed by atoms with Crippen LogP contribution in [0.15, 0.2) is 48.5 Å². The molecule has 6 heteroatoms. The first-order valence-electron chi connectivity index (χ1n) is 10.6. The van der Waals surface area contributed by atoms with Gasteiger partial charge in [-0.2, -0.15) is 0 Å². The van der Waals surface area contributed by atoms with E-state index in [-0.39, 0.29) is 5.91 Å². The number of methoxy groups -OCH3 is 2. The normalized spacial score (nSPS) is 15.0. The van der Waals surface area contributed by atoms with Crippen LogP contribution in [0.25, 0.3) is 0 Å². The molecule has 0 saturated carbocycles. The van der Waals surface area contributed by atoms with E-state index in [4.69, 9.17) is 9.47 Å². The van der Waals surface area contributed by atoms with Gasteiger partial charge in [0.25, 0.3) is 0 Å². The van der Waals surface area contributed by atoms with E-state index in [1.807, 2.05) is 18.2 Å². The number of piperazine rings is 1. The Morgan fingerprint density at radius 1 is 0.900 bits per heavy atom. The van der Waals surface area contributed by atoms with E-state index in [1.165, 1.54) is 11.1 Å². The Bertz CT molecular complexity index is 790. The summed E-state index contributed by atoms with van der Waals surface area (Å²) in [5.74, 6) is 1.63. The van der Waals surface area contributed by atoms with Crippen molar-refractivity contribution in [2.45, 2.75) is 19.4 Å². The molecule has 1 heterocycles. The van der Waals surface area contributed by atoms with Crippen LogP contribution in [0.4, 0.5) is 0 Å². The number of carbonyl (C=O) groups excluding carboxylic acids is 1. The SMILES string of the molecule is COc1ccc(CN2CCN(CC(=O)NCCCc3ccccc3)CC2)cc1OC. The molecule has 0 bridgehead atoms. The van der Waals surface area contributed by atoms with Crippen LogP contribution in [0.3, 0.4) is 0 Å². The van der Waals surface area contributed by atoms with Gasteiger partial charge in [0.05, 0.1) is 20.8 Å². The minimum absolute atomic E-state index is 0.122. The van der Waals surface area contributed by atoms with Crippen molar-refractivity contribution in [1.82, 2.24) is 15.1 Å². The monoisotopic (exact) mass is 411 g/mol. The van der Waals surface area contributed by atoms with Gasteiger partial charge in [0.1, 0.15) is 0 Å². The first kappa shape index (κ1) is 22.1. The Hall–Kier alpha value is -2.57. The lowest BCUT2D eigenvalue weighted by atomic mass is 10.1. The van der Waals surface area contributed by atoms with Gasteiger partial charge in [0.2, 0.25) is 5.91 Å². The van der Waals surface area contributed by atoms with Crippen LogP contribution in [0.1, 0.15) is 17.5 Å². The highest BCUT2D eigenvalue weighted by Gasteiger charge is 2.19. The van der Waals surface area contributed by atoms with Gasteiger partial charge < -0.3 is 14.8 Å². The fourth-order valence-corrected chi connectivity index (χ4v) is 3.77. The molecule has 0 radical (unpaired) electrons. The summed E-state index contributed by atoms with van der Waals surface area (Å²) in [6.07, 6.45) is 1.96. The van der Waals surface area contributed by atoms with Gasteiger partial charge in [-0.15, -0.1) is 0 Å². The average molecular weight is 412 g/mol. The quantitative estimate of drug-likeness (QED) is 0.609. The molecule has 0 atom stereocenters. The smallest absolute Gasteiger partial charge is 0.234 e. The predicted octanol–water partition coefficient (Wildman–Crippen LogP) is 2.57. The zero-order valence-corrected chi connectivity index (χ0v) is 18.1. The molecule has 2 aromatic rings. The molecule has 1 aliphatic rings.